The van der Waals surface area contributed by atoms with E-state index in [2.05, 4.69) is 10.3 Å². The Kier molecular flexibility index (Phi) is 4.28. The molecule has 2 aromatic heterocycles. The van der Waals surface area contributed by atoms with Gasteiger partial charge in [0.25, 0.3) is 0 Å². The first-order chi connectivity index (χ1) is 11.1. The number of benzene rings is 1. The molecule has 3 aromatic rings. The molecule has 1 amide bonds. The molecule has 0 aliphatic carbocycles. The third-order valence-corrected chi connectivity index (χ3v) is 3.74. The summed E-state index contributed by atoms with van der Waals surface area (Å²) in [6.45, 7) is 4.31. The molecule has 0 bridgehead atoms. The minimum atomic E-state index is -0.0904. The van der Waals surface area contributed by atoms with Gasteiger partial charge in [-0.25, -0.2) is 4.98 Å². The quantitative estimate of drug-likeness (QED) is 0.786. The third-order valence-electron chi connectivity index (χ3n) is 3.74. The van der Waals surface area contributed by atoms with Crippen LogP contribution in [0, 0.1) is 13.8 Å². The Morgan fingerprint density at radius 2 is 1.96 bits per heavy atom. The highest BCUT2D eigenvalue weighted by molar-refractivity contribution is 5.94. The Bertz CT molecular complexity index is 825. The fraction of sp³-hybridized carbons (Fsp3) is 0.222. The normalized spacial score (nSPS) is 10.7. The van der Waals surface area contributed by atoms with E-state index in [1.165, 1.54) is 0 Å². The van der Waals surface area contributed by atoms with Crippen LogP contribution in [0.4, 0.5) is 5.69 Å². The zero-order valence-corrected chi connectivity index (χ0v) is 13.2. The summed E-state index contributed by atoms with van der Waals surface area (Å²) in [5.41, 5.74) is 3.51. The second-order valence-corrected chi connectivity index (χ2v) is 5.36. The maximum absolute atomic E-state index is 12.1. The first kappa shape index (κ1) is 15.1. The maximum Gasteiger partial charge on any atom is 0.227 e. The molecule has 0 aliphatic rings. The number of carbonyl (C=O) groups is 1. The van der Waals surface area contributed by atoms with Gasteiger partial charge in [0.1, 0.15) is 5.75 Å². The van der Waals surface area contributed by atoms with Gasteiger partial charge in [-0.1, -0.05) is 18.2 Å². The van der Waals surface area contributed by atoms with Crippen LogP contribution in [0.3, 0.4) is 0 Å². The van der Waals surface area contributed by atoms with Crippen LogP contribution in [0.15, 0.2) is 48.7 Å². The standard InChI is InChI=1S/C18H19N3O2/c1-13-14(2)21-11-6-9-16(18(21)19-13)20-17(22)10-12-23-15-7-4-3-5-8-15/h3-9,11H,10,12H2,1-2H3,(H,20,22). The van der Waals surface area contributed by atoms with E-state index in [1.807, 2.05) is 66.9 Å². The van der Waals surface area contributed by atoms with Gasteiger partial charge in [0.2, 0.25) is 5.91 Å². The van der Waals surface area contributed by atoms with Gasteiger partial charge in [0.15, 0.2) is 5.65 Å². The Morgan fingerprint density at radius 3 is 2.74 bits per heavy atom. The highest BCUT2D eigenvalue weighted by atomic mass is 16.5. The second kappa shape index (κ2) is 6.52. The van der Waals surface area contributed by atoms with Gasteiger partial charge in [-0.3, -0.25) is 4.79 Å². The number of rotatable bonds is 5. The molecule has 1 aromatic carbocycles. The molecule has 1 N–H and O–H groups in total. The van der Waals surface area contributed by atoms with Crippen molar-refractivity contribution >= 4 is 17.2 Å². The number of anilines is 1. The highest BCUT2D eigenvalue weighted by Gasteiger charge is 2.10. The van der Waals surface area contributed by atoms with Crippen molar-refractivity contribution in [1.29, 1.82) is 0 Å². The van der Waals surface area contributed by atoms with Gasteiger partial charge in [-0.15, -0.1) is 0 Å². The van der Waals surface area contributed by atoms with Gasteiger partial charge in [-0.2, -0.15) is 0 Å². The lowest BCUT2D eigenvalue weighted by Crippen LogP contribution is -2.15. The molecule has 0 unspecified atom stereocenters. The van der Waals surface area contributed by atoms with E-state index in [1.54, 1.807) is 0 Å². The molecule has 0 saturated carbocycles. The van der Waals surface area contributed by atoms with E-state index in [4.69, 9.17) is 4.74 Å². The Labute approximate surface area is 134 Å². The SMILES string of the molecule is Cc1nc2c(NC(=O)CCOc3ccccc3)cccn2c1C. The number of nitrogens with one attached hydrogen (secondary N) is 1. The number of aryl methyl sites for hydroxylation is 2. The predicted octanol–water partition coefficient (Wildman–Crippen LogP) is 3.36. The topological polar surface area (TPSA) is 55.6 Å². The third kappa shape index (κ3) is 3.34. The number of ether oxygens (including phenoxy) is 1. The summed E-state index contributed by atoms with van der Waals surface area (Å²) in [4.78, 5) is 16.6. The number of para-hydroxylation sites is 1. The first-order valence-electron chi connectivity index (χ1n) is 7.57. The Balaban J connectivity index is 1.63. The number of imidazole rings is 1. The van der Waals surface area contributed by atoms with Crippen LogP contribution in [0.25, 0.3) is 5.65 Å². The average Bonchev–Trinajstić information content (AvgIpc) is 2.85. The molecule has 23 heavy (non-hydrogen) atoms. The predicted molar refractivity (Wildman–Crippen MR) is 89.8 cm³/mol. The smallest absolute Gasteiger partial charge is 0.227 e. The van der Waals surface area contributed by atoms with E-state index in [0.717, 1.165) is 22.8 Å². The molecular weight excluding hydrogens is 290 g/mol. The zero-order chi connectivity index (χ0) is 16.2. The van der Waals surface area contributed by atoms with Crippen molar-refractivity contribution < 1.29 is 9.53 Å². The fourth-order valence-electron chi connectivity index (χ4n) is 2.39. The van der Waals surface area contributed by atoms with Crippen LogP contribution < -0.4 is 10.1 Å². The van der Waals surface area contributed by atoms with Crippen LogP contribution in [-0.4, -0.2) is 21.9 Å². The molecule has 0 spiro atoms. The summed E-state index contributed by atoms with van der Waals surface area (Å²) in [5, 5.41) is 2.91. The molecule has 2 heterocycles. The monoisotopic (exact) mass is 309 g/mol. The number of nitrogens with zero attached hydrogens (tertiary/aromatic N) is 2. The number of fused-ring (bicyclic) bond motifs is 1. The summed E-state index contributed by atoms with van der Waals surface area (Å²) in [6, 6.07) is 13.2. The first-order valence-corrected chi connectivity index (χ1v) is 7.57. The van der Waals surface area contributed by atoms with Crippen LogP contribution in [0.5, 0.6) is 5.75 Å². The van der Waals surface area contributed by atoms with Crippen molar-refractivity contribution in [1.82, 2.24) is 9.38 Å². The van der Waals surface area contributed by atoms with Gasteiger partial charge < -0.3 is 14.5 Å². The molecule has 5 heteroatoms. The van der Waals surface area contributed by atoms with Crippen LogP contribution in [0.2, 0.25) is 0 Å². The van der Waals surface area contributed by atoms with Crippen molar-refractivity contribution in [3.63, 3.8) is 0 Å². The molecule has 0 saturated heterocycles. The van der Waals surface area contributed by atoms with Gasteiger partial charge in [-0.05, 0) is 38.1 Å². The molecule has 5 nitrogen and oxygen atoms in total. The lowest BCUT2D eigenvalue weighted by atomic mass is 10.3. The summed E-state index contributed by atoms with van der Waals surface area (Å²) in [5.74, 6) is 0.675. The molecule has 0 atom stereocenters. The van der Waals surface area contributed by atoms with E-state index < -0.39 is 0 Å². The number of aromatic nitrogens is 2. The van der Waals surface area contributed by atoms with Crippen LogP contribution in [0.1, 0.15) is 17.8 Å². The van der Waals surface area contributed by atoms with Crippen LogP contribution >= 0.6 is 0 Å². The molecule has 0 radical (unpaired) electrons. The van der Waals surface area contributed by atoms with E-state index >= 15 is 0 Å². The molecule has 0 fully saturated rings. The van der Waals surface area contributed by atoms with E-state index in [-0.39, 0.29) is 12.3 Å². The highest BCUT2D eigenvalue weighted by Crippen LogP contribution is 2.19. The summed E-state index contributed by atoms with van der Waals surface area (Å²) < 4.78 is 7.52. The van der Waals surface area contributed by atoms with Gasteiger partial charge >= 0.3 is 0 Å². The number of pyridine rings is 1. The number of hydrogen-bond acceptors (Lipinski definition) is 3. The lowest BCUT2D eigenvalue weighted by molar-refractivity contribution is -0.116. The van der Waals surface area contributed by atoms with Crippen molar-refractivity contribution in [2.45, 2.75) is 20.3 Å². The van der Waals surface area contributed by atoms with E-state index in [9.17, 15) is 4.79 Å². The fourth-order valence-corrected chi connectivity index (χ4v) is 2.39. The number of carbonyl (C=O) groups excluding carboxylic acids is 1. The van der Waals surface area contributed by atoms with Crippen molar-refractivity contribution in [3.05, 3.63) is 60.0 Å². The van der Waals surface area contributed by atoms with Gasteiger partial charge in [0, 0.05) is 11.9 Å². The van der Waals surface area contributed by atoms with E-state index in [0.29, 0.717) is 12.3 Å². The lowest BCUT2D eigenvalue weighted by Gasteiger charge is -2.08. The van der Waals surface area contributed by atoms with Crippen molar-refractivity contribution in [2.24, 2.45) is 0 Å². The minimum absolute atomic E-state index is 0.0904. The maximum atomic E-state index is 12.1. The molecule has 3 rings (SSSR count). The van der Waals surface area contributed by atoms with Crippen molar-refractivity contribution in [2.75, 3.05) is 11.9 Å². The summed E-state index contributed by atoms with van der Waals surface area (Å²) >= 11 is 0. The number of hydrogen-bond donors (Lipinski definition) is 1. The van der Waals surface area contributed by atoms with Crippen LogP contribution in [-0.2, 0) is 4.79 Å². The van der Waals surface area contributed by atoms with Crippen molar-refractivity contribution in [3.8, 4) is 5.75 Å². The summed E-state index contributed by atoms with van der Waals surface area (Å²) in [7, 11) is 0. The molecule has 0 aliphatic heterocycles. The molecular formula is C18H19N3O2. The van der Waals surface area contributed by atoms with Gasteiger partial charge in [0.05, 0.1) is 24.4 Å². The Morgan fingerprint density at radius 1 is 1.17 bits per heavy atom. The zero-order valence-electron chi connectivity index (χ0n) is 13.2. The Hall–Kier alpha value is -2.82. The molecule has 118 valence electrons. The second-order valence-electron chi connectivity index (χ2n) is 5.36. The number of amides is 1. The summed E-state index contributed by atoms with van der Waals surface area (Å²) in [6.07, 6.45) is 2.23. The largest absolute Gasteiger partial charge is 0.493 e. The average molecular weight is 309 g/mol. The minimum Gasteiger partial charge on any atom is -0.493 e.